The van der Waals surface area contributed by atoms with Crippen LogP contribution >= 0.6 is 0 Å². The second-order valence-corrected chi connectivity index (χ2v) is 14.2. The molecule has 0 fully saturated rings. The number of urea groups is 1. The molecule has 4 amide bonds. The Morgan fingerprint density at radius 2 is 1.55 bits per heavy atom. The van der Waals surface area contributed by atoms with Crippen LogP contribution in [0.5, 0.6) is 0 Å². The smallest absolute Gasteiger partial charge is 0.337 e. The Kier molecular flexibility index (Phi) is 10.7. The van der Waals surface area contributed by atoms with Crippen molar-refractivity contribution >= 4 is 46.7 Å². The summed E-state index contributed by atoms with van der Waals surface area (Å²) in [7, 11) is 1.31. The minimum atomic E-state index is -1.21. The van der Waals surface area contributed by atoms with Gasteiger partial charge in [-0.05, 0) is 79.3 Å². The SMILES string of the molecule is COC(=O)c1cccc(-c2cc(C)ccc2NC(=O)NC2CN(C(=O)CC(C)(C)C)c3ccc(C)cc3N(CC(=O)c3ccccc3C)C2=O)c1. The third-order valence-electron chi connectivity index (χ3n) is 8.69. The Hall–Kier alpha value is -5.77. The summed E-state index contributed by atoms with van der Waals surface area (Å²) in [5.41, 5.74) is 5.68. The van der Waals surface area contributed by atoms with Crippen molar-refractivity contribution in [1.29, 1.82) is 0 Å². The average molecular weight is 689 g/mol. The number of rotatable bonds is 8. The standard InChI is InChI=1S/C41H44N4O6/c1-25-15-17-32(31(19-25)28-12-10-13-29(21-28)39(49)51-7)42-40(50)43-33-23-44(37(47)22-41(4,5)6)34-18-16-26(2)20-35(34)45(38(33)48)24-36(46)30-14-9-8-11-27(30)3/h8-21,33H,22-24H2,1-7H3,(H2,42,43,50). The van der Waals surface area contributed by atoms with Crippen molar-refractivity contribution in [3.8, 4) is 11.1 Å². The van der Waals surface area contributed by atoms with Crippen LogP contribution in [0.1, 0.15) is 64.6 Å². The number of ketones is 1. The van der Waals surface area contributed by atoms with Gasteiger partial charge in [0.2, 0.25) is 5.91 Å². The number of fused-ring (bicyclic) bond motifs is 1. The molecule has 51 heavy (non-hydrogen) atoms. The van der Waals surface area contributed by atoms with E-state index in [0.717, 1.165) is 16.7 Å². The first-order chi connectivity index (χ1) is 24.1. The molecule has 1 aliphatic rings. The zero-order valence-corrected chi connectivity index (χ0v) is 30.1. The number of aryl methyl sites for hydroxylation is 3. The Morgan fingerprint density at radius 1 is 0.843 bits per heavy atom. The number of anilines is 3. The van der Waals surface area contributed by atoms with E-state index >= 15 is 0 Å². The van der Waals surface area contributed by atoms with Gasteiger partial charge < -0.3 is 25.2 Å². The molecule has 0 radical (unpaired) electrons. The van der Waals surface area contributed by atoms with Crippen LogP contribution in [0.25, 0.3) is 11.1 Å². The molecule has 1 aliphatic heterocycles. The van der Waals surface area contributed by atoms with Gasteiger partial charge in [-0.15, -0.1) is 0 Å². The Morgan fingerprint density at radius 3 is 2.25 bits per heavy atom. The second kappa shape index (κ2) is 15.0. The summed E-state index contributed by atoms with van der Waals surface area (Å²) in [5.74, 6) is -1.51. The van der Waals surface area contributed by atoms with E-state index in [0.29, 0.717) is 39.3 Å². The maximum Gasteiger partial charge on any atom is 0.337 e. The summed E-state index contributed by atoms with van der Waals surface area (Å²) >= 11 is 0. The first-order valence-electron chi connectivity index (χ1n) is 16.8. The van der Waals surface area contributed by atoms with Gasteiger partial charge in [0.25, 0.3) is 5.91 Å². The number of esters is 1. The van der Waals surface area contributed by atoms with E-state index in [-0.39, 0.29) is 36.6 Å². The summed E-state index contributed by atoms with van der Waals surface area (Å²) in [6.07, 6.45) is 0.187. The number of ether oxygens (including phenoxy) is 1. The van der Waals surface area contributed by atoms with Gasteiger partial charge >= 0.3 is 12.0 Å². The van der Waals surface area contributed by atoms with E-state index in [1.807, 2.05) is 77.9 Å². The van der Waals surface area contributed by atoms with E-state index in [2.05, 4.69) is 10.6 Å². The van der Waals surface area contributed by atoms with Crippen LogP contribution in [0, 0.1) is 26.2 Å². The molecule has 2 N–H and O–H groups in total. The lowest BCUT2D eigenvalue weighted by Crippen LogP contribution is -2.54. The summed E-state index contributed by atoms with van der Waals surface area (Å²) < 4.78 is 4.89. The van der Waals surface area contributed by atoms with E-state index < -0.39 is 23.9 Å². The second-order valence-electron chi connectivity index (χ2n) is 14.2. The highest BCUT2D eigenvalue weighted by atomic mass is 16.5. The molecule has 0 saturated heterocycles. The fourth-order valence-electron chi connectivity index (χ4n) is 6.17. The molecule has 0 spiro atoms. The number of Topliss-reactive ketones (excluding diaryl/α,β-unsaturated/α-hetero) is 1. The van der Waals surface area contributed by atoms with Gasteiger partial charge in [-0.1, -0.05) is 74.9 Å². The molecule has 10 nitrogen and oxygen atoms in total. The van der Waals surface area contributed by atoms with Crippen molar-refractivity contribution in [3.05, 3.63) is 113 Å². The van der Waals surface area contributed by atoms with Gasteiger partial charge in [0.05, 0.1) is 42.8 Å². The van der Waals surface area contributed by atoms with Crippen LogP contribution in [0.3, 0.4) is 0 Å². The lowest BCUT2D eigenvalue weighted by molar-refractivity contribution is -0.121. The monoisotopic (exact) mass is 688 g/mol. The largest absolute Gasteiger partial charge is 0.465 e. The van der Waals surface area contributed by atoms with Gasteiger partial charge in [-0.3, -0.25) is 14.4 Å². The maximum atomic E-state index is 14.5. The number of nitrogens with zero attached hydrogens (tertiary/aromatic N) is 2. The van der Waals surface area contributed by atoms with Gasteiger partial charge in [0, 0.05) is 17.5 Å². The molecule has 4 aromatic rings. The minimum Gasteiger partial charge on any atom is -0.465 e. The number of benzene rings is 4. The Labute approximate surface area is 298 Å². The number of hydrogen-bond donors (Lipinski definition) is 2. The molecule has 1 heterocycles. The molecular weight excluding hydrogens is 644 g/mol. The van der Waals surface area contributed by atoms with Crippen LogP contribution in [0.15, 0.2) is 84.9 Å². The number of methoxy groups -OCH3 is 1. The fourth-order valence-corrected chi connectivity index (χ4v) is 6.17. The van der Waals surface area contributed by atoms with Crippen molar-refractivity contribution in [1.82, 2.24) is 5.32 Å². The quantitative estimate of drug-likeness (QED) is 0.148. The van der Waals surface area contributed by atoms with E-state index in [1.165, 1.54) is 16.9 Å². The molecule has 264 valence electrons. The van der Waals surface area contributed by atoms with Crippen LogP contribution in [0.4, 0.5) is 21.9 Å². The number of carbonyl (C=O) groups excluding carboxylic acids is 5. The molecule has 0 aromatic heterocycles. The van der Waals surface area contributed by atoms with Crippen molar-refractivity contribution in [3.63, 3.8) is 0 Å². The van der Waals surface area contributed by atoms with Crippen LogP contribution in [-0.4, -0.2) is 55.8 Å². The van der Waals surface area contributed by atoms with Gasteiger partial charge in [-0.2, -0.15) is 0 Å². The molecule has 0 aliphatic carbocycles. The Balaban J connectivity index is 1.52. The van der Waals surface area contributed by atoms with Gasteiger partial charge in [-0.25, -0.2) is 9.59 Å². The van der Waals surface area contributed by atoms with Gasteiger partial charge in [0.1, 0.15) is 6.04 Å². The molecule has 1 unspecified atom stereocenters. The zero-order chi connectivity index (χ0) is 37.0. The topological polar surface area (TPSA) is 125 Å². The normalized spacial score (nSPS) is 14.3. The first-order valence-corrected chi connectivity index (χ1v) is 16.8. The molecule has 4 aromatic carbocycles. The highest BCUT2D eigenvalue weighted by molar-refractivity contribution is 6.13. The average Bonchev–Trinajstić information content (AvgIpc) is 3.18. The lowest BCUT2D eigenvalue weighted by atomic mass is 9.91. The third-order valence-corrected chi connectivity index (χ3v) is 8.69. The van der Waals surface area contributed by atoms with Crippen LogP contribution in [0.2, 0.25) is 0 Å². The predicted molar refractivity (Wildman–Crippen MR) is 199 cm³/mol. The molecule has 0 saturated carbocycles. The number of carbonyl (C=O) groups is 5. The van der Waals surface area contributed by atoms with Crippen molar-refractivity contribution in [2.45, 2.75) is 54.0 Å². The predicted octanol–water partition coefficient (Wildman–Crippen LogP) is 7.25. The third kappa shape index (κ3) is 8.52. The maximum absolute atomic E-state index is 14.5. The fraction of sp³-hybridized carbons (Fsp3) is 0.293. The number of hydrogen-bond acceptors (Lipinski definition) is 6. The summed E-state index contributed by atoms with van der Waals surface area (Å²) in [4.78, 5) is 71.2. The molecule has 1 atom stereocenters. The van der Waals surface area contributed by atoms with Gasteiger partial charge in [0.15, 0.2) is 5.78 Å². The highest BCUT2D eigenvalue weighted by Crippen LogP contribution is 2.36. The number of amides is 4. The first kappa shape index (κ1) is 36.5. The van der Waals surface area contributed by atoms with Crippen molar-refractivity contribution in [2.24, 2.45) is 5.41 Å². The van der Waals surface area contributed by atoms with Crippen LogP contribution in [-0.2, 0) is 14.3 Å². The highest BCUT2D eigenvalue weighted by Gasteiger charge is 2.38. The molecule has 10 heteroatoms. The summed E-state index contributed by atoms with van der Waals surface area (Å²) in [6.45, 7) is 11.1. The van der Waals surface area contributed by atoms with Crippen molar-refractivity contribution in [2.75, 3.05) is 35.3 Å². The van der Waals surface area contributed by atoms with Crippen LogP contribution < -0.4 is 20.4 Å². The summed E-state index contributed by atoms with van der Waals surface area (Å²) in [5, 5.41) is 5.70. The lowest BCUT2D eigenvalue weighted by Gasteiger charge is -2.28. The Bertz CT molecular complexity index is 2010. The molecule has 5 rings (SSSR count). The number of nitrogens with one attached hydrogen (secondary N) is 2. The minimum absolute atomic E-state index is 0.145. The molecular formula is C41H44N4O6. The van der Waals surface area contributed by atoms with E-state index in [4.69, 9.17) is 4.74 Å². The summed E-state index contributed by atoms with van der Waals surface area (Å²) in [6, 6.07) is 23.1. The van der Waals surface area contributed by atoms with E-state index in [9.17, 15) is 24.0 Å². The van der Waals surface area contributed by atoms with Crippen molar-refractivity contribution < 1.29 is 28.7 Å². The zero-order valence-electron chi connectivity index (χ0n) is 30.1. The molecule has 0 bridgehead atoms. The van der Waals surface area contributed by atoms with E-state index in [1.54, 1.807) is 48.5 Å².